The molecule has 0 saturated carbocycles. The zero-order valence-corrected chi connectivity index (χ0v) is 12.6. The largest absolute Gasteiger partial charge is 0.497 e. The maximum atomic E-state index is 6.23. The van der Waals surface area contributed by atoms with Crippen molar-refractivity contribution in [2.45, 2.75) is 44.7 Å². The van der Waals surface area contributed by atoms with E-state index in [2.05, 4.69) is 30.0 Å². The third-order valence-electron chi connectivity index (χ3n) is 4.80. The molecule has 110 valence electrons. The van der Waals surface area contributed by atoms with Gasteiger partial charge in [0.25, 0.3) is 0 Å². The third kappa shape index (κ3) is 2.70. The van der Waals surface area contributed by atoms with Gasteiger partial charge in [0, 0.05) is 25.2 Å². The number of nitrogens with zero attached hydrogens (tertiary/aromatic N) is 1. The van der Waals surface area contributed by atoms with Crippen molar-refractivity contribution < 1.29 is 4.74 Å². The average Bonchev–Trinajstić information content (AvgIpc) is 2.45. The fraction of sp³-hybridized carbons (Fsp3) is 0.647. The van der Waals surface area contributed by atoms with Crippen molar-refractivity contribution >= 4 is 0 Å². The van der Waals surface area contributed by atoms with Crippen LogP contribution < -0.4 is 10.5 Å². The monoisotopic (exact) mass is 274 g/mol. The number of benzene rings is 1. The molecule has 3 heteroatoms. The van der Waals surface area contributed by atoms with Crippen molar-refractivity contribution in [2.75, 3.05) is 20.2 Å². The molecule has 3 nitrogen and oxygen atoms in total. The summed E-state index contributed by atoms with van der Waals surface area (Å²) >= 11 is 0. The molecule has 2 N–H and O–H groups in total. The highest BCUT2D eigenvalue weighted by Gasteiger charge is 2.31. The second kappa shape index (κ2) is 5.74. The molecule has 1 aromatic carbocycles. The molecule has 20 heavy (non-hydrogen) atoms. The highest BCUT2D eigenvalue weighted by molar-refractivity contribution is 5.39. The predicted octanol–water partition coefficient (Wildman–Crippen LogP) is 2.74. The van der Waals surface area contributed by atoms with E-state index >= 15 is 0 Å². The van der Waals surface area contributed by atoms with Gasteiger partial charge in [-0.05, 0) is 54.9 Å². The minimum Gasteiger partial charge on any atom is -0.497 e. The second-order valence-electron chi connectivity index (χ2n) is 6.53. The van der Waals surface area contributed by atoms with E-state index in [-0.39, 0.29) is 0 Å². The molecule has 1 saturated heterocycles. The number of hydrogen-bond acceptors (Lipinski definition) is 3. The molecule has 3 unspecified atom stereocenters. The first-order valence-corrected chi connectivity index (χ1v) is 7.84. The van der Waals surface area contributed by atoms with Crippen molar-refractivity contribution in [1.29, 1.82) is 0 Å². The summed E-state index contributed by atoms with van der Waals surface area (Å²) in [6.07, 6.45) is 4.89. The van der Waals surface area contributed by atoms with Gasteiger partial charge in [0.2, 0.25) is 0 Å². The van der Waals surface area contributed by atoms with Gasteiger partial charge < -0.3 is 10.5 Å². The molecule has 0 amide bonds. The Labute approximate surface area is 122 Å². The second-order valence-corrected chi connectivity index (χ2v) is 6.53. The van der Waals surface area contributed by atoms with Gasteiger partial charge >= 0.3 is 0 Å². The molecule has 1 heterocycles. The van der Waals surface area contributed by atoms with Crippen molar-refractivity contribution in [3.05, 3.63) is 29.3 Å². The van der Waals surface area contributed by atoms with Crippen molar-refractivity contribution in [3.63, 3.8) is 0 Å². The van der Waals surface area contributed by atoms with Crippen LogP contribution in [0, 0.1) is 5.92 Å². The Balaban J connectivity index is 1.88. The van der Waals surface area contributed by atoms with Gasteiger partial charge in [0.15, 0.2) is 0 Å². The molecule has 0 aromatic heterocycles. The van der Waals surface area contributed by atoms with E-state index in [9.17, 15) is 0 Å². The Morgan fingerprint density at radius 1 is 1.30 bits per heavy atom. The molecule has 0 spiro atoms. The number of fused-ring (bicyclic) bond motifs is 1. The molecule has 1 aliphatic heterocycles. The average molecular weight is 274 g/mol. The number of likely N-dealkylation sites (tertiary alicyclic amines) is 1. The zero-order chi connectivity index (χ0) is 14.1. The van der Waals surface area contributed by atoms with Crippen molar-refractivity contribution in [1.82, 2.24) is 4.90 Å². The van der Waals surface area contributed by atoms with E-state index in [4.69, 9.17) is 10.5 Å². The van der Waals surface area contributed by atoms with Crippen LogP contribution in [0.3, 0.4) is 0 Å². The lowest BCUT2D eigenvalue weighted by molar-refractivity contribution is 0.105. The highest BCUT2D eigenvalue weighted by atomic mass is 16.5. The van der Waals surface area contributed by atoms with Gasteiger partial charge in [-0.3, -0.25) is 4.90 Å². The number of rotatable bonds is 2. The van der Waals surface area contributed by atoms with Crippen LogP contribution in [0.4, 0.5) is 0 Å². The lowest BCUT2D eigenvalue weighted by Gasteiger charge is -2.42. The first kappa shape index (κ1) is 13.9. The summed E-state index contributed by atoms with van der Waals surface area (Å²) in [6, 6.07) is 7.43. The quantitative estimate of drug-likeness (QED) is 0.901. The summed E-state index contributed by atoms with van der Waals surface area (Å²) in [5.74, 6) is 1.68. The van der Waals surface area contributed by atoms with Crippen molar-refractivity contribution in [3.8, 4) is 5.75 Å². The Kier molecular flexibility index (Phi) is 3.99. The van der Waals surface area contributed by atoms with Crippen LogP contribution in [0.2, 0.25) is 0 Å². The van der Waals surface area contributed by atoms with Crippen LogP contribution in [0.15, 0.2) is 18.2 Å². The van der Waals surface area contributed by atoms with E-state index in [1.165, 1.54) is 36.9 Å². The first-order chi connectivity index (χ1) is 9.67. The molecular weight excluding hydrogens is 248 g/mol. The molecule has 1 aliphatic carbocycles. The molecule has 0 radical (unpaired) electrons. The number of hydrogen-bond donors (Lipinski definition) is 1. The number of methoxy groups -OCH3 is 1. The van der Waals surface area contributed by atoms with Crippen LogP contribution in [0.1, 0.15) is 43.4 Å². The minimum absolute atomic E-state index is 0.328. The highest BCUT2D eigenvalue weighted by Crippen LogP contribution is 2.38. The standard InChI is InChI=1S/C17H26N2O/c1-12-8-14(18)11-19(10-12)17-5-3-4-13-6-7-15(20-2)9-16(13)17/h6-7,9,12,14,17H,3-5,8,10-11,18H2,1-2H3. The van der Waals surface area contributed by atoms with Crippen LogP contribution in [-0.2, 0) is 6.42 Å². The summed E-state index contributed by atoms with van der Waals surface area (Å²) in [4.78, 5) is 2.61. The Morgan fingerprint density at radius 2 is 2.15 bits per heavy atom. The van der Waals surface area contributed by atoms with E-state index < -0.39 is 0 Å². The molecule has 1 fully saturated rings. The summed E-state index contributed by atoms with van der Waals surface area (Å²) in [7, 11) is 1.75. The Hall–Kier alpha value is -1.06. The summed E-state index contributed by atoms with van der Waals surface area (Å²) < 4.78 is 5.41. The predicted molar refractivity (Wildman–Crippen MR) is 82.0 cm³/mol. The van der Waals surface area contributed by atoms with E-state index in [1.807, 2.05) is 0 Å². The Bertz CT molecular complexity index is 464. The normalized spacial score (nSPS) is 30.9. The Morgan fingerprint density at radius 3 is 2.90 bits per heavy atom. The van der Waals surface area contributed by atoms with E-state index in [0.717, 1.165) is 18.7 Å². The fourth-order valence-corrected chi connectivity index (χ4v) is 3.95. The van der Waals surface area contributed by atoms with Gasteiger partial charge in [-0.2, -0.15) is 0 Å². The minimum atomic E-state index is 0.328. The smallest absolute Gasteiger partial charge is 0.119 e. The van der Waals surface area contributed by atoms with Crippen LogP contribution in [0.5, 0.6) is 5.75 Å². The van der Waals surface area contributed by atoms with Gasteiger partial charge in [-0.15, -0.1) is 0 Å². The topological polar surface area (TPSA) is 38.5 Å². The molecular formula is C17H26N2O. The van der Waals surface area contributed by atoms with Gasteiger partial charge in [-0.1, -0.05) is 13.0 Å². The van der Waals surface area contributed by atoms with Crippen molar-refractivity contribution in [2.24, 2.45) is 11.7 Å². The van der Waals surface area contributed by atoms with Crippen LogP contribution in [0.25, 0.3) is 0 Å². The summed E-state index contributed by atoms with van der Waals surface area (Å²) in [5, 5.41) is 0. The molecule has 3 rings (SSSR count). The molecule has 1 aromatic rings. The summed E-state index contributed by atoms with van der Waals surface area (Å²) in [6.45, 7) is 4.53. The van der Waals surface area contributed by atoms with Gasteiger partial charge in [0.05, 0.1) is 7.11 Å². The molecule has 0 bridgehead atoms. The maximum absolute atomic E-state index is 6.23. The zero-order valence-electron chi connectivity index (χ0n) is 12.6. The van der Waals surface area contributed by atoms with Gasteiger partial charge in [0.1, 0.15) is 5.75 Å². The SMILES string of the molecule is COc1ccc2c(c1)C(N1CC(C)CC(N)C1)CCC2. The molecule has 2 aliphatic rings. The lowest BCUT2D eigenvalue weighted by Crippen LogP contribution is -2.48. The van der Waals surface area contributed by atoms with E-state index in [1.54, 1.807) is 7.11 Å². The van der Waals surface area contributed by atoms with E-state index in [0.29, 0.717) is 18.0 Å². The first-order valence-electron chi connectivity index (χ1n) is 7.84. The lowest BCUT2D eigenvalue weighted by atomic mass is 9.84. The number of aryl methyl sites for hydroxylation is 1. The van der Waals surface area contributed by atoms with Crippen LogP contribution in [-0.4, -0.2) is 31.1 Å². The fourth-order valence-electron chi connectivity index (χ4n) is 3.95. The van der Waals surface area contributed by atoms with Gasteiger partial charge in [-0.25, -0.2) is 0 Å². The number of ether oxygens (including phenoxy) is 1. The molecule has 3 atom stereocenters. The third-order valence-corrected chi connectivity index (χ3v) is 4.80. The number of piperidine rings is 1. The maximum Gasteiger partial charge on any atom is 0.119 e. The van der Waals surface area contributed by atoms with Crippen LogP contribution >= 0.6 is 0 Å². The summed E-state index contributed by atoms with van der Waals surface area (Å²) in [5.41, 5.74) is 9.20. The number of nitrogens with two attached hydrogens (primary N) is 1.